The topological polar surface area (TPSA) is 44.5 Å². The van der Waals surface area contributed by atoms with Crippen molar-refractivity contribution in [1.29, 1.82) is 0 Å². The number of fused-ring (bicyclic) bond motifs is 1. The summed E-state index contributed by atoms with van der Waals surface area (Å²) in [6, 6.07) is 23.7. The highest BCUT2D eigenvalue weighted by atomic mass is 32.1. The maximum Gasteiger partial charge on any atom is 0.882 e. The number of hydrogen-bond donors (Lipinski definition) is 0. The van der Waals surface area contributed by atoms with Gasteiger partial charge >= 0.3 is 15.9 Å². The highest BCUT2D eigenvalue weighted by Crippen LogP contribution is 2.36. The molecule has 0 aliphatic rings. The average molecular weight is 418 g/mol. The number of nitrogens with zero attached hydrogens (tertiary/aromatic N) is 1. The first-order valence-electron chi connectivity index (χ1n) is 8.60. The molecule has 0 amide bonds. The third-order valence-electron chi connectivity index (χ3n) is 4.10. The summed E-state index contributed by atoms with van der Waals surface area (Å²) >= 11 is 2.65. The summed E-state index contributed by atoms with van der Waals surface area (Å²) in [5.41, 5.74) is 2.41. The Morgan fingerprint density at radius 2 is 1.71 bits per heavy atom. The second kappa shape index (κ2) is 7.82. The minimum absolute atomic E-state index is 0.548. The van der Waals surface area contributed by atoms with E-state index >= 15 is 0 Å². The van der Waals surface area contributed by atoms with E-state index in [1.165, 1.54) is 9.75 Å². The predicted molar refractivity (Wildman–Crippen MR) is 114 cm³/mol. The molecule has 3 aromatic heterocycles. The molecule has 5 aromatic rings. The summed E-state index contributed by atoms with van der Waals surface area (Å²) in [7, 11) is 0. The Bertz CT molecular complexity index is 1180. The molecule has 135 valence electrons. The third-order valence-corrected chi connectivity index (χ3v) is 7.01. The first kappa shape index (κ1) is 17.5. The van der Waals surface area contributed by atoms with E-state index in [9.17, 15) is 0 Å². The summed E-state index contributed by atoms with van der Waals surface area (Å²) in [6.45, 7) is 0. The number of para-hydroxylation sites is 3. The smallest absolute Gasteiger partial charge is 0.615 e. The van der Waals surface area contributed by atoms with Crippen molar-refractivity contribution < 1.29 is 12.0 Å². The van der Waals surface area contributed by atoms with Gasteiger partial charge in [0.25, 0.3) is 0 Å². The van der Waals surface area contributed by atoms with E-state index in [0.29, 0.717) is 11.6 Å². The van der Waals surface area contributed by atoms with E-state index in [0.717, 1.165) is 21.7 Å². The average Bonchev–Trinajstić information content (AvgIpc) is 3.48. The highest BCUT2D eigenvalue weighted by molar-refractivity contribution is 7.22. The van der Waals surface area contributed by atoms with Gasteiger partial charge in [-0.1, -0.05) is 30.3 Å². The minimum atomic E-state index is -0.705. The van der Waals surface area contributed by atoms with Gasteiger partial charge in [-0.05, 0) is 47.8 Å². The molecule has 0 spiro atoms. The van der Waals surface area contributed by atoms with Crippen LogP contribution in [0.25, 0.3) is 32.3 Å². The van der Waals surface area contributed by atoms with E-state index in [2.05, 4.69) is 28.6 Å². The summed E-state index contributed by atoms with van der Waals surface area (Å²) in [4.78, 5) is 7.02. The van der Waals surface area contributed by atoms with Gasteiger partial charge < -0.3 is 12.0 Å². The van der Waals surface area contributed by atoms with Crippen LogP contribution in [0.15, 0.2) is 82.6 Å². The molecule has 0 saturated carbocycles. The molecule has 1 radical (unpaired) electrons. The standard InChI is InChI=1S/C13H9NO2.C8H6OS2.Al/c15-11-7-3-1-5-9(11)13-14-10-6-2-4-8-12(10)16-13;9-8-4-3-7(11-8)6-2-1-5-10-6;/h1-8,15H;1-5,9H;/q;;+2/p-2. The SMILES string of the molecule is c1csc(-c2ccc([O][Al][O]c3ccccc3-c3nc4ccccc4o3)s2)c1. The largest absolute Gasteiger partial charge is 0.882 e. The van der Waals surface area contributed by atoms with Crippen LogP contribution in [0.5, 0.6) is 10.8 Å². The summed E-state index contributed by atoms with van der Waals surface area (Å²) < 4.78 is 17.7. The van der Waals surface area contributed by atoms with Crippen LogP contribution in [0.4, 0.5) is 0 Å². The van der Waals surface area contributed by atoms with Crippen LogP contribution in [0.3, 0.4) is 0 Å². The first-order chi connectivity index (χ1) is 13.9. The van der Waals surface area contributed by atoms with Crippen molar-refractivity contribution in [3.63, 3.8) is 0 Å². The number of rotatable bonds is 6. The minimum Gasteiger partial charge on any atom is -0.615 e. The van der Waals surface area contributed by atoms with E-state index in [-0.39, 0.29) is 0 Å². The molecular weight excluding hydrogens is 405 g/mol. The number of benzene rings is 2. The molecule has 5 rings (SSSR count). The molecule has 28 heavy (non-hydrogen) atoms. The highest BCUT2D eigenvalue weighted by Gasteiger charge is 2.15. The molecule has 0 atom stereocenters. The molecule has 2 aromatic carbocycles. The summed E-state index contributed by atoms with van der Waals surface area (Å²) in [6.07, 6.45) is 0. The molecular formula is C21H13AlNO3S2. The number of oxazole rings is 1. The van der Waals surface area contributed by atoms with E-state index < -0.39 is 15.9 Å². The van der Waals surface area contributed by atoms with Crippen LogP contribution in [-0.2, 0) is 0 Å². The van der Waals surface area contributed by atoms with Crippen LogP contribution in [-0.4, -0.2) is 20.9 Å². The van der Waals surface area contributed by atoms with Gasteiger partial charge in [0.1, 0.15) is 10.6 Å². The fourth-order valence-corrected chi connectivity index (χ4v) is 5.20. The van der Waals surface area contributed by atoms with Crippen molar-refractivity contribution in [2.24, 2.45) is 0 Å². The first-order valence-corrected chi connectivity index (χ1v) is 11.2. The van der Waals surface area contributed by atoms with Crippen molar-refractivity contribution in [3.05, 3.63) is 78.2 Å². The Morgan fingerprint density at radius 1 is 0.821 bits per heavy atom. The molecule has 0 unspecified atom stereocenters. The van der Waals surface area contributed by atoms with Crippen molar-refractivity contribution in [1.82, 2.24) is 4.98 Å². The molecule has 0 aliphatic carbocycles. The lowest BCUT2D eigenvalue weighted by atomic mass is 10.2. The lowest BCUT2D eigenvalue weighted by Gasteiger charge is -2.09. The van der Waals surface area contributed by atoms with E-state index in [1.54, 1.807) is 22.7 Å². The van der Waals surface area contributed by atoms with Crippen LogP contribution >= 0.6 is 22.7 Å². The van der Waals surface area contributed by atoms with Gasteiger partial charge in [-0.25, -0.2) is 4.98 Å². The number of hydrogen-bond acceptors (Lipinski definition) is 6. The van der Waals surface area contributed by atoms with Crippen molar-refractivity contribution >= 4 is 49.7 Å². The number of thiophene rings is 2. The summed E-state index contributed by atoms with van der Waals surface area (Å²) in [5.74, 6) is 1.26. The zero-order valence-electron chi connectivity index (χ0n) is 14.6. The lowest BCUT2D eigenvalue weighted by Crippen LogP contribution is -2.10. The van der Waals surface area contributed by atoms with Crippen molar-refractivity contribution in [3.8, 4) is 32.0 Å². The Hall–Kier alpha value is -2.56. The second-order valence-electron chi connectivity index (χ2n) is 5.91. The molecule has 0 bridgehead atoms. The second-order valence-corrected chi connectivity index (χ2v) is 8.57. The van der Waals surface area contributed by atoms with E-state index in [4.69, 9.17) is 12.0 Å². The van der Waals surface area contributed by atoms with Gasteiger partial charge in [0.2, 0.25) is 5.89 Å². The Balaban J connectivity index is 1.31. The predicted octanol–water partition coefficient (Wildman–Crippen LogP) is 6.28. The molecule has 4 nitrogen and oxygen atoms in total. The van der Waals surface area contributed by atoms with Gasteiger partial charge in [0.15, 0.2) is 5.58 Å². The molecule has 0 N–H and O–H groups in total. The number of aromatic nitrogens is 1. The van der Waals surface area contributed by atoms with Crippen LogP contribution < -0.4 is 7.58 Å². The molecule has 0 aliphatic heterocycles. The fraction of sp³-hybridized carbons (Fsp3) is 0. The lowest BCUT2D eigenvalue weighted by molar-refractivity contribution is 0.465. The van der Waals surface area contributed by atoms with Crippen molar-refractivity contribution in [2.45, 2.75) is 0 Å². The van der Waals surface area contributed by atoms with Crippen LogP contribution in [0, 0.1) is 0 Å². The molecule has 3 heterocycles. The van der Waals surface area contributed by atoms with Crippen LogP contribution in [0.2, 0.25) is 0 Å². The monoisotopic (exact) mass is 418 g/mol. The van der Waals surface area contributed by atoms with Gasteiger partial charge in [0.05, 0.1) is 11.3 Å². The van der Waals surface area contributed by atoms with Gasteiger partial charge in [-0.15, -0.1) is 22.7 Å². The van der Waals surface area contributed by atoms with Crippen molar-refractivity contribution in [2.75, 3.05) is 0 Å². The molecule has 0 fully saturated rings. The molecule has 0 saturated heterocycles. The third kappa shape index (κ3) is 3.58. The van der Waals surface area contributed by atoms with Gasteiger partial charge in [-0.2, -0.15) is 0 Å². The van der Waals surface area contributed by atoms with Gasteiger partial charge in [-0.3, -0.25) is 0 Å². The quantitative estimate of drug-likeness (QED) is 0.305. The zero-order chi connectivity index (χ0) is 18.8. The Morgan fingerprint density at radius 3 is 2.61 bits per heavy atom. The fourth-order valence-electron chi connectivity index (χ4n) is 2.79. The maximum atomic E-state index is 5.96. The van der Waals surface area contributed by atoms with Gasteiger partial charge in [0, 0.05) is 9.75 Å². The zero-order valence-corrected chi connectivity index (χ0v) is 17.4. The Labute approximate surface area is 176 Å². The maximum absolute atomic E-state index is 5.96. The van der Waals surface area contributed by atoms with Crippen LogP contribution in [0.1, 0.15) is 0 Å². The Kier molecular flexibility index (Phi) is 4.90. The molecule has 7 heteroatoms. The summed E-state index contributed by atoms with van der Waals surface area (Å²) in [5, 5.41) is 2.94. The normalized spacial score (nSPS) is 10.9. The van der Waals surface area contributed by atoms with E-state index in [1.807, 2.05) is 54.6 Å².